The van der Waals surface area contributed by atoms with E-state index in [4.69, 9.17) is 5.11 Å². The Hall–Kier alpha value is -1.84. The molecule has 0 aliphatic carbocycles. The topological polar surface area (TPSA) is 66.4 Å². The number of anilines is 1. The van der Waals surface area contributed by atoms with E-state index in [2.05, 4.69) is 12.2 Å². The summed E-state index contributed by atoms with van der Waals surface area (Å²) >= 11 is 0. The van der Waals surface area contributed by atoms with Gasteiger partial charge in [0, 0.05) is 18.0 Å². The predicted octanol–water partition coefficient (Wildman–Crippen LogP) is 3.47. The van der Waals surface area contributed by atoms with Crippen LogP contribution in [0.25, 0.3) is 0 Å². The number of aliphatic carboxylic acids is 1. The van der Waals surface area contributed by atoms with Crippen molar-refractivity contribution in [3.8, 4) is 0 Å². The van der Waals surface area contributed by atoms with Gasteiger partial charge < -0.3 is 10.4 Å². The summed E-state index contributed by atoms with van der Waals surface area (Å²) in [5.74, 6) is -0.745. The molecular weight excluding hydrogens is 254 g/mol. The lowest BCUT2D eigenvalue weighted by molar-refractivity contribution is -0.137. The Morgan fingerprint density at radius 3 is 2.45 bits per heavy atom. The molecule has 1 atom stereocenters. The molecule has 0 spiro atoms. The quantitative estimate of drug-likeness (QED) is 0.764. The van der Waals surface area contributed by atoms with Crippen LogP contribution in [-0.2, 0) is 16.0 Å². The van der Waals surface area contributed by atoms with Crippen molar-refractivity contribution in [2.24, 2.45) is 5.92 Å². The van der Waals surface area contributed by atoms with Gasteiger partial charge in [-0.1, -0.05) is 38.8 Å². The Kier molecular flexibility index (Phi) is 6.77. The zero-order chi connectivity index (χ0) is 15.0. The van der Waals surface area contributed by atoms with Crippen molar-refractivity contribution in [3.63, 3.8) is 0 Å². The van der Waals surface area contributed by atoms with E-state index in [1.807, 2.05) is 31.2 Å². The summed E-state index contributed by atoms with van der Waals surface area (Å²) in [5, 5.41) is 11.5. The molecular formula is C16H23NO3. The highest BCUT2D eigenvalue weighted by Gasteiger charge is 2.12. The molecule has 0 aromatic heterocycles. The number of nitrogens with one attached hydrogen (secondary N) is 1. The van der Waals surface area contributed by atoms with Crippen molar-refractivity contribution >= 4 is 17.6 Å². The summed E-state index contributed by atoms with van der Waals surface area (Å²) in [6.07, 6.45) is 3.69. The molecule has 0 fully saturated rings. The molecule has 0 aliphatic rings. The van der Waals surface area contributed by atoms with Crippen LogP contribution in [0, 0.1) is 5.92 Å². The van der Waals surface area contributed by atoms with Crippen LogP contribution < -0.4 is 5.32 Å². The first kappa shape index (κ1) is 16.2. The Morgan fingerprint density at radius 2 is 1.90 bits per heavy atom. The lowest BCUT2D eigenvalue weighted by Crippen LogP contribution is -2.20. The first-order chi connectivity index (χ1) is 9.52. The molecule has 1 rings (SSSR count). The van der Waals surface area contributed by atoms with E-state index >= 15 is 0 Å². The molecule has 1 amide bonds. The molecule has 0 saturated heterocycles. The fraction of sp³-hybridized carbons (Fsp3) is 0.500. The average Bonchev–Trinajstić information content (AvgIpc) is 2.43. The normalized spacial score (nSPS) is 11.9. The van der Waals surface area contributed by atoms with Gasteiger partial charge in [0.05, 0.1) is 0 Å². The van der Waals surface area contributed by atoms with E-state index in [0.29, 0.717) is 6.42 Å². The van der Waals surface area contributed by atoms with Crippen LogP contribution in [0.5, 0.6) is 0 Å². The standard InChI is InChI=1S/C16H23NO3/c1-3-4-5-12(2)16(20)17-14-9-6-13(7-10-14)8-11-15(18)19/h6-7,9-10,12H,3-5,8,11H2,1-2H3,(H,17,20)(H,18,19). The van der Waals surface area contributed by atoms with Crippen molar-refractivity contribution in [1.82, 2.24) is 0 Å². The molecule has 110 valence electrons. The van der Waals surface area contributed by atoms with Gasteiger partial charge >= 0.3 is 5.97 Å². The maximum Gasteiger partial charge on any atom is 0.303 e. The van der Waals surface area contributed by atoms with Crippen LogP contribution in [0.4, 0.5) is 5.69 Å². The van der Waals surface area contributed by atoms with E-state index in [9.17, 15) is 9.59 Å². The number of amides is 1. The Labute approximate surface area is 120 Å². The van der Waals surface area contributed by atoms with Gasteiger partial charge in [0.15, 0.2) is 0 Å². The molecule has 4 nitrogen and oxygen atoms in total. The number of benzene rings is 1. The highest BCUT2D eigenvalue weighted by molar-refractivity contribution is 5.92. The minimum absolute atomic E-state index is 0.0154. The van der Waals surface area contributed by atoms with Crippen LogP contribution >= 0.6 is 0 Å². The summed E-state index contributed by atoms with van der Waals surface area (Å²) in [4.78, 5) is 22.4. The monoisotopic (exact) mass is 277 g/mol. The summed E-state index contributed by atoms with van der Waals surface area (Å²) in [6.45, 7) is 4.05. The molecule has 4 heteroatoms. The molecule has 20 heavy (non-hydrogen) atoms. The Balaban J connectivity index is 2.48. The number of hydrogen-bond acceptors (Lipinski definition) is 2. The third-order valence-corrected chi connectivity index (χ3v) is 3.29. The second kappa shape index (κ2) is 8.35. The third kappa shape index (κ3) is 5.87. The molecule has 1 unspecified atom stereocenters. The van der Waals surface area contributed by atoms with Gasteiger partial charge in [0.1, 0.15) is 0 Å². The number of carboxylic acid groups (broad SMARTS) is 1. The maximum absolute atomic E-state index is 11.9. The lowest BCUT2D eigenvalue weighted by Gasteiger charge is -2.12. The first-order valence-corrected chi connectivity index (χ1v) is 7.14. The number of rotatable bonds is 8. The van der Waals surface area contributed by atoms with Crippen LogP contribution in [0.1, 0.15) is 45.1 Å². The maximum atomic E-state index is 11.9. The average molecular weight is 277 g/mol. The van der Waals surface area contributed by atoms with Gasteiger partial charge in [-0.2, -0.15) is 0 Å². The molecule has 0 saturated carbocycles. The van der Waals surface area contributed by atoms with E-state index < -0.39 is 5.97 Å². The fourth-order valence-corrected chi connectivity index (χ4v) is 1.91. The van der Waals surface area contributed by atoms with E-state index in [0.717, 1.165) is 30.5 Å². The SMILES string of the molecule is CCCCC(C)C(=O)Nc1ccc(CCC(=O)O)cc1. The van der Waals surface area contributed by atoms with Gasteiger partial charge in [-0.05, 0) is 30.5 Å². The number of carbonyl (C=O) groups is 2. The Bertz CT molecular complexity index is 440. The first-order valence-electron chi connectivity index (χ1n) is 7.14. The van der Waals surface area contributed by atoms with Gasteiger partial charge in [0.25, 0.3) is 0 Å². The fourth-order valence-electron chi connectivity index (χ4n) is 1.91. The number of aryl methyl sites for hydroxylation is 1. The predicted molar refractivity (Wildman–Crippen MR) is 79.7 cm³/mol. The van der Waals surface area contributed by atoms with Crippen molar-refractivity contribution in [3.05, 3.63) is 29.8 Å². The molecule has 0 radical (unpaired) electrons. The van der Waals surface area contributed by atoms with Crippen molar-refractivity contribution in [2.45, 2.75) is 46.0 Å². The second-order valence-corrected chi connectivity index (χ2v) is 5.12. The third-order valence-electron chi connectivity index (χ3n) is 3.29. The molecule has 0 aliphatic heterocycles. The number of unbranched alkanes of at least 4 members (excludes halogenated alkanes) is 1. The summed E-state index contributed by atoms with van der Waals surface area (Å²) in [6, 6.07) is 7.35. The van der Waals surface area contributed by atoms with Gasteiger partial charge in [0.2, 0.25) is 5.91 Å². The highest BCUT2D eigenvalue weighted by atomic mass is 16.4. The number of carboxylic acids is 1. The van der Waals surface area contributed by atoms with Crippen molar-refractivity contribution in [1.29, 1.82) is 0 Å². The zero-order valence-electron chi connectivity index (χ0n) is 12.2. The van der Waals surface area contributed by atoms with E-state index in [1.54, 1.807) is 0 Å². The minimum Gasteiger partial charge on any atom is -0.481 e. The molecule has 1 aromatic carbocycles. The van der Waals surface area contributed by atoms with Gasteiger partial charge in [-0.25, -0.2) is 0 Å². The minimum atomic E-state index is -0.799. The molecule has 2 N–H and O–H groups in total. The molecule has 1 aromatic rings. The van der Waals surface area contributed by atoms with Crippen LogP contribution in [0.15, 0.2) is 24.3 Å². The van der Waals surface area contributed by atoms with Gasteiger partial charge in [-0.15, -0.1) is 0 Å². The van der Waals surface area contributed by atoms with Crippen molar-refractivity contribution in [2.75, 3.05) is 5.32 Å². The molecule has 0 bridgehead atoms. The van der Waals surface area contributed by atoms with Gasteiger partial charge in [-0.3, -0.25) is 9.59 Å². The van der Waals surface area contributed by atoms with E-state index in [1.165, 1.54) is 0 Å². The summed E-state index contributed by atoms with van der Waals surface area (Å²) < 4.78 is 0. The summed E-state index contributed by atoms with van der Waals surface area (Å²) in [7, 11) is 0. The van der Waals surface area contributed by atoms with E-state index in [-0.39, 0.29) is 18.2 Å². The smallest absolute Gasteiger partial charge is 0.303 e. The zero-order valence-corrected chi connectivity index (χ0v) is 12.2. The van der Waals surface area contributed by atoms with Crippen LogP contribution in [-0.4, -0.2) is 17.0 Å². The van der Waals surface area contributed by atoms with Crippen molar-refractivity contribution < 1.29 is 14.7 Å². The second-order valence-electron chi connectivity index (χ2n) is 5.12. The molecule has 0 heterocycles. The summed E-state index contributed by atoms with van der Waals surface area (Å²) in [5.41, 5.74) is 1.72. The largest absolute Gasteiger partial charge is 0.481 e. The lowest BCUT2D eigenvalue weighted by atomic mass is 10.0. The number of carbonyl (C=O) groups excluding carboxylic acids is 1. The number of hydrogen-bond donors (Lipinski definition) is 2. The van der Waals surface area contributed by atoms with Crippen LogP contribution in [0.2, 0.25) is 0 Å². The highest BCUT2D eigenvalue weighted by Crippen LogP contribution is 2.14. The van der Waals surface area contributed by atoms with Crippen LogP contribution in [0.3, 0.4) is 0 Å². The Morgan fingerprint density at radius 1 is 1.25 bits per heavy atom.